The molecule has 1 aliphatic carbocycles. The van der Waals surface area contributed by atoms with Gasteiger partial charge in [-0.15, -0.1) is 0 Å². The zero-order valence-corrected chi connectivity index (χ0v) is 15.8. The summed E-state index contributed by atoms with van der Waals surface area (Å²) < 4.78 is 38.2. The van der Waals surface area contributed by atoms with Crippen LogP contribution in [0.3, 0.4) is 0 Å². The van der Waals surface area contributed by atoms with Crippen molar-refractivity contribution in [1.82, 2.24) is 0 Å². The fourth-order valence-corrected chi connectivity index (χ4v) is 4.13. The highest BCUT2D eigenvalue weighted by molar-refractivity contribution is 7.99. The Morgan fingerprint density at radius 3 is 2.29 bits per heavy atom. The molecule has 3 rings (SSSR count). The normalized spacial score (nSPS) is 20.0. The molecule has 0 aromatic heterocycles. The number of halogens is 3. The molecule has 4 nitrogen and oxygen atoms in total. The molecule has 8 heteroatoms. The second-order valence-corrected chi connectivity index (χ2v) is 8.04. The molecule has 28 heavy (non-hydrogen) atoms. The van der Waals surface area contributed by atoms with E-state index in [1.165, 1.54) is 11.8 Å². The van der Waals surface area contributed by atoms with E-state index < -0.39 is 18.0 Å². The summed E-state index contributed by atoms with van der Waals surface area (Å²) in [7, 11) is 0. The first-order valence-electron chi connectivity index (χ1n) is 8.96. The SMILES string of the molecule is Nc1cc(NC(=O)C2CCC(C(F)(F)F)CC2)ccc1Sc1ccc(O)cc1. The molecule has 4 N–H and O–H groups in total. The van der Waals surface area contributed by atoms with Crippen molar-refractivity contribution < 1.29 is 23.1 Å². The van der Waals surface area contributed by atoms with Gasteiger partial charge < -0.3 is 16.2 Å². The third-order valence-corrected chi connectivity index (χ3v) is 6.00. The van der Waals surface area contributed by atoms with Crippen molar-refractivity contribution in [1.29, 1.82) is 0 Å². The Labute approximate surface area is 165 Å². The van der Waals surface area contributed by atoms with E-state index in [1.807, 2.05) is 0 Å². The van der Waals surface area contributed by atoms with Crippen LogP contribution in [0.1, 0.15) is 25.7 Å². The van der Waals surface area contributed by atoms with E-state index in [-0.39, 0.29) is 37.3 Å². The van der Waals surface area contributed by atoms with Crippen LogP contribution in [0.5, 0.6) is 5.75 Å². The molecule has 150 valence electrons. The standard InChI is InChI=1S/C20H21F3N2O2S/c21-20(22,23)13-3-1-12(2-4-13)19(27)25-14-5-10-18(17(24)11-14)28-16-8-6-15(26)7-9-16/h5-13,26H,1-4,24H2,(H,25,27). The van der Waals surface area contributed by atoms with Crippen molar-refractivity contribution in [2.75, 3.05) is 11.1 Å². The van der Waals surface area contributed by atoms with Crippen LogP contribution in [0.15, 0.2) is 52.3 Å². The van der Waals surface area contributed by atoms with Crippen LogP contribution in [-0.2, 0) is 4.79 Å². The van der Waals surface area contributed by atoms with Gasteiger partial charge in [0, 0.05) is 27.1 Å². The number of anilines is 2. The number of phenolic OH excluding ortho intramolecular Hbond substituents is 1. The first-order chi connectivity index (χ1) is 13.2. The highest BCUT2D eigenvalue weighted by atomic mass is 32.2. The maximum Gasteiger partial charge on any atom is 0.391 e. The lowest BCUT2D eigenvalue weighted by Gasteiger charge is -2.29. The number of nitrogens with two attached hydrogens (primary N) is 1. The van der Waals surface area contributed by atoms with Crippen LogP contribution < -0.4 is 11.1 Å². The molecule has 0 aliphatic heterocycles. The Bertz CT molecular complexity index is 832. The topological polar surface area (TPSA) is 75.3 Å². The lowest BCUT2D eigenvalue weighted by atomic mass is 9.81. The summed E-state index contributed by atoms with van der Waals surface area (Å²) in [5.74, 6) is -1.80. The van der Waals surface area contributed by atoms with Gasteiger partial charge in [0.05, 0.1) is 5.92 Å². The van der Waals surface area contributed by atoms with Gasteiger partial charge in [0.2, 0.25) is 5.91 Å². The highest BCUT2D eigenvalue weighted by Crippen LogP contribution is 2.40. The number of hydrogen-bond donors (Lipinski definition) is 3. The first kappa shape index (κ1) is 20.4. The zero-order valence-electron chi connectivity index (χ0n) is 15.0. The highest BCUT2D eigenvalue weighted by Gasteiger charge is 2.42. The van der Waals surface area contributed by atoms with Gasteiger partial charge in [0.15, 0.2) is 0 Å². The van der Waals surface area contributed by atoms with Gasteiger partial charge in [0.1, 0.15) is 5.75 Å². The molecule has 0 spiro atoms. The number of phenols is 1. The second-order valence-electron chi connectivity index (χ2n) is 6.93. The van der Waals surface area contributed by atoms with Gasteiger partial charge in [-0.05, 0) is 68.1 Å². The van der Waals surface area contributed by atoms with Gasteiger partial charge in [-0.3, -0.25) is 4.79 Å². The van der Waals surface area contributed by atoms with Crippen LogP contribution in [-0.4, -0.2) is 17.2 Å². The van der Waals surface area contributed by atoms with Gasteiger partial charge in [-0.1, -0.05) is 11.8 Å². The Morgan fingerprint density at radius 1 is 1.07 bits per heavy atom. The molecular formula is C20H21F3N2O2S. The quantitative estimate of drug-likeness (QED) is 0.587. The number of rotatable bonds is 4. The smallest absolute Gasteiger partial charge is 0.391 e. The van der Waals surface area contributed by atoms with E-state index in [0.29, 0.717) is 11.4 Å². The van der Waals surface area contributed by atoms with Crippen LogP contribution in [0.25, 0.3) is 0 Å². The minimum Gasteiger partial charge on any atom is -0.508 e. The van der Waals surface area contributed by atoms with E-state index in [9.17, 15) is 23.1 Å². The minimum absolute atomic E-state index is 0.00800. The molecule has 1 saturated carbocycles. The van der Waals surface area contributed by atoms with Crippen LogP contribution in [0, 0.1) is 11.8 Å². The predicted octanol–water partition coefficient (Wildman–Crippen LogP) is 5.43. The Morgan fingerprint density at radius 2 is 1.71 bits per heavy atom. The maximum absolute atomic E-state index is 12.7. The second kappa shape index (κ2) is 8.34. The van der Waals surface area contributed by atoms with E-state index in [0.717, 1.165) is 9.79 Å². The summed E-state index contributed by atoms with van der Waals surface area (Å²) in [4.78, 5) is 14.1. The molecule has 1 fully saturated rings. The van der Waals surface area contributed by atoms with Crippen LogP contribution in [0.2, 0.25) is 0 Å². The van der Waals surface area contributed by atoms with E-state index in [1.54, 1.807) is 42.5 Å². The Kier molecular flexibility index (Phi) is 6.07. The van der Waals surface area contributed by atoms with E-state index in [2.05, 4.69) is 5.32 Å². The number of nitrogens with one attached hydrogen (secondary N) is 1. The number of benzene rings is 2. The fraction of sp³-hybridized carbons (Fsp3) is 0.350. The molecule has 1 amide bonds. The number of nitrogen functional groups attached to an aromatic ring is 1. The number of amides is 1. The summed E-state index contributed by atoms with van der Waals surface area (Å²) in [5.41, 5.74) is 7.08. The fourth-order valence-electron chi connectivity index (χ4n) is 3.29. The maximum atomic E-state index is 12.7. The minimum atomic E-state index is -4.18. The first-order valence-corrected chi connectivity index (χ1v) is 9.78. The molecule has 2 aromatic carbocycles. The number of carbonyl (C=O) groups is 1. The van der Waals surface area contributed by atoms with Gasteiger partial charge in [-0.2, -0.15) is 13.2 Å². The average Bonchev–Trinajstić information content (AvgIpc) is 2.65. The molecule has 0 bridgehead atoms. The summed E-state index contributed by atoms with van der Waals surface area (Å²) >= 11 is 1.43. The Balaban J connectivity index is 1.58. The summed E-state index contributed by atoms with van der Waals surface area (Å²) in [5, 5.41) is 12.1. The molecule has 1 aliphatic rings. The van der Waals surface area contributed by atoms with Gasteiger partial charge >= 0.3 is 6.18 Å². The van der Waals surface area contributed by atoms with Gasteiger partial charge in [0.25, 0.3) is 0 Å². The monoisotopic (exact) mass is 410 g/mol. The van der Waals surface area contributed by atoms with Crippen molar-refractivity contribution in [3.05, 3.63) is 42.5 Å². The molecular weight excluding hydrogens is 389 g/mol. The predicted molar refractivity (Wildman–Crippen MR) is 103 cm³/mol. The number of hydrogen-bond acceptors (Lipinski definition) is 4. The third kappa shape index (κ3) is 5.13. The van der Waals surface area contributed by atoms with E-state index >= 15 is 0 Å². The summed E-state index contributed by atoms with van der Waals surface area (Å²) in [6.45, 7) is 0. The third-order valence-electron chi connectivity index (χ3n) is 4.90. The van der Waals surface area contributed by atoms with Crippen LogP contribution in [0.4, 0.5) is 24.5 Å². The molecule has 0 saturated heterocycles. The van der Waals surface area contributed by atoms with Crippen molar-refractivity contribution in [3.8, 4) is 5.75 Å². The molecule has 0 atom stereocenters. The number of aromatic hydroxyl groups is 1. The number of carbonyl (C=O) groups excluding carboxylic acids is 1. The lowest BCUT2D eigenvalue weighted by Crippen LogP contribution is -2.32. The van der Waals surface area contributed by atoms with Crippen LogP contribution >= 0.6 is 11.8 Å². The largest absolute Gasteiger partial charge is 0.508 e. The van der Waals surface area contributed by atoms with Crippen molar-refractivity contribution >= 4 is 29.0 Å². The number of alkyl halides is 3. The molecule has 0 radical (unpaired) electrons. The lowest BCUT2D eigenvalue weighted by molar-refractivity contribution is -0.184. The van der Waals surface area contributed by atoms with Crippen molar-refractivity contribution in [2.45, 2.75) is 41.7 Å². The Hall–Kier alpha value is -2.35. The summed E-state index contributed by atoms with van der Waals surface area (Å²) in [6, 6.07) is 11.9. The van der Waals surface area contributed by atoms with Crippen molar-refractivity contribution in [3.63, 3.8) is 0 Å². The van der Waals surface area contributed by atoms with Crippen molar-refractivity contribution in [2.24, 2.45) is 11.8 Å². The van der Waals surface area contributed by atoms with E-state index in [4.69, 9.17) is 5.73 Å². The molecule has 2 aromatic rings. The zero-order chi connectivity index (χ0) is 20.3. The molecule has 0 unspecified atom stereocenters. The van der Waals surface area contributed by atoms with Gasteiger partial charge in [-0.25, -0.2) is 0 Å². The summed E-state index contributed by atoms with van der Waals surface area (Å²) in [6.07, 6.45) is -3.72. The molecule has 0 heterocycles. The average molecular weight is 410 g/mol.